The number of rotatable bonds is 2. The van der Waals surface area contributed by atoms with E-state index >= 15 is 0 Å². The van der Waals surface area contributed by atoms with Crippen LogP contribution in [0.4, 0.5) is 4.79 Å². The van der Waals surface area contributed by atoms with Crippen molar-refractivity contribution >= 4 is 40.1 Å². The second-order valence-electron chi connectivity index (χ2n) is 6.60. The first-order valence-electron chi connectivity index (χ1n) is 8.88. The first-order valence-corrected chi connectivity index (χ1v) is 10.0. The summed E-state index contributed by atoms with van der Waals surface area (Å²) in [6.45, 7) is 0. The average Bonchev–Trinajstić information content (AvgIpc) is 3.26. The minimum absolute atomic E-state index is 0.0702. The molecule has 142 valence electrons. The van der Waals surface area contributed by atoms with Crippen molar-refractivity contribution in [3.05, 3.63) is 47.3 Å². The number of hydrogen-bond donors (Lipinski definition) is 1. The second-order valence-corrected chi connectivity index (χ2v) is 7.82. The van der Waals surface area contributed by atoms with Gasteiger partial charge in [0, 0.05) is 6.04 Å². The van der Waals surface area contributed by atoms with Crippen LogP contribution in [0.25, 0.3) is 28.1 Å². The highest BCUT2D eigenvalue weighted by Crippen LogP contribution is 2.28. The molecule has 1 saturated heterocycles. The van der Waals surface area contributed by atoms with E-state index in [-0.39, 0.29) is 11.6 Å². The summed E-state index contributed by atoms with van der Waals surface area (Å²) in [5.41, 5.74) is 1.59. The fourth-order valence-electron chi connectivity index (χ4n) is 3.69. The van der Waals surface area contributed by atoms with Crippen LogP contribution in [0.5, 0.6) is 0 Å². The van der Waals surface area contributed by atoms with Crippen molar-refractivity contribution in [2.24, 2.45) is 0 Å². The lowest BCUT2D eigenvalue weighted by Gasteiger charge is -2.22. The van der Waals surface area contributed by atoms with Gasteiger partial charge in [-0.25, -0.2) is 19.6 Å². The molecular weight excluding hydrogens is 380 g/mol. The van der Waals surface area contributed by atoms with Crippen molar-refractivity contribution in [1.82, 2.24) is 28.7 Å². The van der Waals surface area contributed by atoms with Crippen molar-refractivity contribution in [1.29, 1.82) is 0 Å². The quantitative estimate of drug-likeness (QED) is 0.555. The van der Waals surface area contributed by atoms with Crippen LogP contribution in [0, 0.1) is 0 Å². The summed E-state index contributed by atoms with van der Waals surface area (Å²) in [5, 5.41) is 9.54. The maximum Gasteiger partial charge on any atom is 0.420 e. The van der Waals surface area contributed by atoms with Gasteiger partial charge in [-0.1, -0.05) is 12.1 Å². The van der Waals surface area contributed by atoms with Crippen LogP contribution in [-0.2, 0) is 0 Å². The van der Waals surface area contributed by atoms with Gasteiger partial charge in [0.2, 0.25) is 5.95 Å². The number of thioether (sulfide) groups is 1. The van der Waals surface area contributed by atoms with Crippen LogP contribution in [-0.4, -0.2) is 51.4 Å². The highest BCUT2D eigenvalue weighted by molar-refractivity contribution is 7.99. The zero-order chi connectivity index (χ0) is 19.3. The number of fused-ring (bicyclic) bond motifs is 2. The van der Waals surface area contributed by atoms with E-state index in [9.17, 15) is 14.7 Å². The number of imidazole rings is 2. The summed E-state index contributed by atoms with van der Waals surface area (Å²) < 4.78 is 3.98. The Morgan fingerprint density at radius 2 is 1.93 bits per heavy atom. The summed E-state index contributed by atoms with van der Waals surface area (Å²) in [6.07, 6.45) is 3.30. The third-order valence-corrected chi connectivity index (χ3v) is 6.07. The second kappa shape index (κ2) is 6.48. The van der Waals surface area contributed by atoms with Gasteiger partial charge in [0.1, 0.15) is 11.8 Å². The monoisotopic (exact) mass is 396 g/mol. The topological polar surface area (TPSA) is 108 Å². The molecule has 0 amide bonds. The van der Waals surface area contributed by atoms with Crippen LogP contribution < -0.4 is 5.69 Å². The molecule has 0 saturated carbocycles. The molecule has 9 nitrogen and oxygen atoms in total. The summed E-state index contributed by atoms with van der Waals surface area (Å²) >= 11 is 1.84. The number of hydrogen-bond acceptors (Lipinski definition) is 6. The van der Waals surface area contributed by atoms with Gasteiger partial charge < -0.3 is 5.11 Å². The molecular formula is C18H16N6O3S. The Kier molecular flexibility index (Phi) is 3.93. The molecule has 4 aromatic rings. The molecule has 1 N–H and O–H groups in total. The van der Waals surface area contributed by atoms with Crippen molar-refractivity contribution in [3.63, 3.8) is 0 Å². The van der Waals surface area contributed by atoms with Crippen molar-refractivity contribution in [2.45, 2.75) is 18.9 Å². The highest BCUT2D eigenvalue weighted by Gasteiger charge is 2.26. The average molecular weight is 396 g/mol. The molecule has 10 heteroatoms. The first-order chi connectivity index (χ1) is 13.6. The predicted octanol–water partition coefficient (Wildman–Crippen LogP) is 2.53. The molecule has 0 aliphatic carbocycles. The van der Waals surface area contributed by atoms with Gasteiger partial charge in [-0.2, -0.15) is 21.3 Å². The molecule has 0 unspecified atom stereocenters. The molecule has 3 aromatic heterocycles. The third-order valence-electron chi connectivity index (χ3n) is 5.02. The summed E-state index contributed by atoms with van der Waals surface area (Å²) in [4.78, 5) is 37.8. The van der Waals surface area contributed by atoms with Crippen LogP contribution in [0.15, 0.2) is 41.6 Å². The predicted molar refractivity (Wildman–Crippen MR) is 105 cm³/mol. The van der Waals surface area contributed by atoms with Gasteiger partial charge in [-0.15, -0.1) is 0 Å². The number of benzene rings is 1. The number of carboxylic acid groups (broad SMARTS) is 1. The standard InChI is InChI=1S/C18H16N6O3S/c25-17-23(11-5-7-28-8-6-11)15-14(24(17)18(26)27)9-19-16(21-15)22-10-20-12-3-1-2-4-13(12)22/h1-4,9-11H,5-8H2,(H,26,27). The molecule has 1 aliphatic heterocycles. The van der Waals surface area contributed by atoms with Gasteiger partial charge in [0.25, 0.3) is 0 Å². The molecule has 4 heterocycles. The van der Waals surface area contributed by atoms with Gasteiger partial charge in [0.05, 0.1) is 17.2 Å². The fourth-order valence-corrected chi connectivity index (χ4v) is 4.77. The molecule has 0 bridgehead atoms. The largest absolute Gasteiger partial charge is 0.464 e. The van der Waals surface area contributed by atoms with Gasteiger partial charge >= 0.3 is 11.8 Å². The zero-order valence-corrected chi connectivity index (χ0v) is 15.5. The van der Waals surface area contributed by atoms with E-state index in [1.807, 2.05) is 36.0 Å². The number of para-hydroxylation sites is 2. The van der Waals surface area contributed by atoms with Crippen LogP contribution in [0.1, 0.15) is 18.9 Å². The Hall–Kier alpha value is -3.14. The van der Waals surface area contributed by atoms with Gasteiger partial charge in [-0.3, -0.25) is 9.13 Å². The molecule has 1 aliphatic rings. The minimum Gasteiger partial charge on any atom is -0.464 e. The van der Waals surface area contributed by atoms with E-state index in [1.54, 1.807) is 10.9 Å². The Balaban J connectivity index is 1.76. The number of carbonyl (C=O) groups is 1. The number of aromatic nitrogens is 6. The maximum atomic E-state index is 12.9. The fraction of sp³-hybridized carbons (Fsp3) is 0.278. The molecule has 28 heavy (non-hydrogen) atoms. The molecule has 0 spiro atoms. The number of nitrogens with zero attached hydrogens (tertiary/aromatic N) is 6. The van der Waals surface area contributed by atoms with Crippen LogP contribution in [0.2, 0.25) is 0 Å². The van der Waals surface area contributed by atoms with E-state index in [4.69, 9.17) is 0 Å². The lowest BCUT2D eigenvalue weighted by molar-refractivity contribution is 0.196. The Labute approximate surface area is 162 Å². The SMILES string of the molecule is O=C(O)n1c(=O)n(C2CCSCC2)c2nc(-n3cnc4ccccc43)ncc21. The van der Waals surface area contributed by atoms with Crippen molar-refractivity contribution in [3.8, 4) is 5.95 Å². The molecule has 1 fully saturated rings. The molecule has 5 rings (SSSR count). The smallest absolute Gasteiger partial charge is 0.420 e. The third kappa shape index (κ3) is 2.52. The highest BCUT2D eigenvalue weighted by atomic mass is 32.2. The van der Waals surface area contributed by atoms with E-state index in [1.165, 1.54) is 10.8 Å². The summed E-state index contributed by atoms with van der Waals surface area (Å²) in [7, 11) is 0. The lowest BCUT2D eigenvalue weighted by Crippen LogP contribution is -2.32. The normalized spacial score (nSPS) is 15.4. The van der Waals surface area contributed by atoms with E-state index in [0.29, 0.717) is 11.6 Å². The summed E-state index contributed by atoms with van der Waals surface area (Å²) in [6, 6.07) is 7.52. The summed E-state index contributed by atoms with van der Waals surface area (Å²) in [5.74, 6) is 2.21. The van der Waals surface area contributed by atoms with E-state index in [0.717, 1.165) is 39.9 Å². The Morgan fingerprint density at radius 1 is 1.14 bits per heavy atom. The Morgan fingerprint density at radius 3 is 2.71 bits per heavy atom. The van der Waals surface area contributed by atoms with Crippen LogP contribution in [0.3, 0.4) is 0 Å². The Bertz CT molecular complexity index is 1270. The van der Waals surface area contributed by atoms with E-state index in [2.05, 4.69) is 15.0 Å². The lowest BCUT2D eigenvalue weighted by atomic mass is 10.1. The molecule has 0 atom stereocenters. The molecule has 0 radical (unpaired) electrons. The first kappa shape index (κ1) is 17.0. The van der Waals surface area contributed by atoms with Crippen molar-refractivity contribution < 1.29 is 9.90 Å². The van der Waals surface area contributed by atoms with E-state index < -0.39 is 11.8 Å². The maximum absolute atomic E-state index is 12.9. The van der Waals surface area contributed by atoms with Gasteiger partial charge in [-0.05, 0) is 36.5 Å². The van der Waals surface area contributed by atoms with Gasteiger partial charge in [0.15, 0.2) is 5.65 Å². The van der Waals surface area contributed by atoms with Crippen LogP contribution >= 0.6 is 11.8 Å². The van der Waals surface area contributed by atoms with Crippen molar-refractivity contribution in [2.75, 3.05) is 11.5 Å². The zero-order valence-electron chi connectivity index (χ0n) is 14.7. The minimum atomic E-state index is -1.33. The molecule has 1 aromatic carbocycles.